The zero-order chi connectivity index (χ0) is 10.8. The van der Waals surface area contributed by atoms with Crippen LogP contribution in [0.1, 0.15) is 72.1 Å². The molecule has 0 radical (unpaired) electrons. The Kier molecular flexibility index (Phi) is 9.13. The summed E-state index contributed by atoms with van der Waals surface area (Å²) in [4.78, 5) is 0. The third-order valence-electron chi connectivity index (χ3n) is 3.07. The smallest absolute Gasteiger partial charge is 0.0320 e. The summed E-state index contributed by atoms with van der Waals surface area (Å²) in [7, 11) is 0. The second-order valence-corrected chi connectivity index (χ2v) is 4.44. The van der Waals surface area contributed by atoms with Crippen LogP contribution in [0.15, 0.2) is 12.2 Å². The molecule has 0 fully saturated rings. The first kappa shape index (κ1) is 13.7. The van der Waals surface area contributed by atoms with Gasteiger partial charge in [-0.1, -0.05) is 65.0 Å². The van der Waals surface area contributed by atoms with E-state index in [-0.39, 0.29) is 0 Å². The van der Waals surface area contributed by atoms with Crippen molar-refractivity contribution in [3.8, 4) is 0 Å². The Balaban J connectivity index is 3.66. The molecule has 0 bridgehead atoms. The fraction of sp³-hybridized carbons (Fsp3) is 0.857. The zero-order valence-corrected chi connectivity index (χ0v) is 10.4. The molecule has 0 aromatic rings. The number of hydrogen-bond acceptors (Lipinski definition) is 0. The average Bonchev–Trinajstić information content (AvgIpc) is 2.21. The van der Waals surface area contributed by atoms with Gasteiger partial charge < -0.3 is 0 Å². The van der Waals surface area contributed by atoms with Gasteiger partial charge in [-0.25, -0.2) is 0 Å². The number of hydrogen-bond donors (Lipinski definition) is 0. The van der Waals surface area contributed by atoms with E-state index in [4.69, 9.17) is 0 Å². The van der Waals surface area contributed by atoms with Gasteiger partial charge in [0.2, 0.25) is 0 Å². The van der Waals surface area contributed by atoms with Gasteiger partial charge in [-0.05, 0) is 25.2 Å². The second kappa shape index (κ2) is 9.30. The van der Waals surface area contributed by atoms with Crippen LogP contribution in [-0.2, 0) is 0 Å². The maximum absolute atomic E-state index is 4.09. The summed E-state index contributed by atoms with van der Waals surface area (Å²) >= 11 is 0. The Morgan fingerprint density at radius 2 is 1.71 bits per heavy atom. The molecule has 0 aromatic carbocycles. The first-order valence-electron chi connectivity index (χ1n) is 6.41. The van der Waals surface area contributed by atoms with Crippen LogP contribution < -0.4 is 0 Å². The SMILES string of the molecule is C=C(CC)CCC(CCC)CCCC. The van der Waals surface area contributed by atoms with Gasteiger partial charge in [0.25, 0.3) is 0 Å². The lowest BCUT2D eigenvalue weighted by Gasteiger charge is -2.15. The van der Waals surface area contributed by atoms with Crippen molar-refractivity contribution in [2.75, 3.05) is 0 Å². The third-order valence-corrected chi connectivity index (χ3v) is 3.07. The molecule has 0 aliphatic heterocycles. The monoisotopic (exact) mass is 196 g/mol. The third kappa shape index (κ3) is 7.17. The first-order valence-corrected chi connectivity index (χ1v) is 6.41. The first-order chi connectivity index (χ1) is 6.74. The number of rotatable bonds is 9. The molecule has 0 N–H and O–H groups in total. The topological polar surface area (TPSA) is 0 Å². The maximum atomic E-state index is 4.09. The van der Waals surface area contributed by atoms with Crippen LogP contribution in [0.4, 0.5) is 0 Å². The van der Waals surface area contributed by atoms with E-state index in [9.17, 15) is 0 Å². The molecule has 14 heavy (non-hydrogen) atoms. The van der Waals surface area contributed by atoms with E-state index >= 15 is 0 Å². The molecule has 0 rings (SSSR count). The Hall–Kier alpha value is -0.260. The molecule has 0 heterocycles. The van der Waals surface area contributed by atoms with Crippen molar-refractivity contribution < 1.29 is 0 Å². The van der Waals surface area contributed by atoms with Crippen LogP contribution in [-0.4, -0.2) is 0 Å². The van der Waals surface area contributed by atoms with Gasteiger partial charge in [-0.15, -0.1) is 0 Å². The lowest BCUT2D eigenvalue weighted by Crippen LogP contribution is -2.00. The standard InChI is InChI=1S/C14H28/c1-5-8-10-14(9-6-2)12-11-13(4)7-3/h14H,4-12H2,1-3H3. The van der Waals surface area contributed by atoms with Crippen LogP contribution in [0.3, 0.4) is 0 Å². The summed E-state index contributed by atoms with van der Waals surface area (Å²) in [5.74, 6) is 0.961. The lowest BCUT2D eigenvalue weighted by atomic mass is 9.90. The molecule has 0 aliphatic rings. The molecular formula is C14H28. The minimum atomic E-state index is 0.961. The van der Waals surface area contributed by atoms with Gasteiger partial charge in [0.1, 0.15) is 0 Å². The highest BCUT2D eigenvalue weighted by atomic mass is 14.1. The van der Waals surface area contributed by atoms with Crippen molar-refractivity contribution in [1.29, 1.82) is 0 Å². The fourth-order valence-corrected chi connectivity index (χ4v) is 1.92. The van der Waals surface area contributed by atoms with Gasteiger partial charge >= 0.3 is 0 Å². The van der Waals surface area contributed by atoms with E-state index in [1.807, 2.05) is 0 Å². The maximum Gasteiger partial charge on any atom is -0.0320 e. The molecule has 0 heteroatoms. The summed E-state index contributed by atoms with van der Waals surface area (Å²) in [5.41, 5.74) is 1.43. The highest BCUT2D eigenvalue weighted by Gasteiger charge is 2.07. The minimum absolute atomic E-state index is 0.961. The van der Waals surface area contributed by atoms with Gasteiger partial charge in [0.15, 0.2) is 0 Å². The van der Waals surface area contributed by atoms with Crippen LogP contribution in [0, 0.1) is 5.92 Å². The summed E-state index contributed by atoms with van der Waals surface area (Å²) in [5, 5.41) is 0. The zero-order valence-electron chi connectivity index (χ0n) is 10.4. The largest absolute Gasteiger partial charge is 0.0999 e. The van der Waals surface area contributed by atoms with Crippen LogP contribution in [0.25, 0.3) is 0 Å². The van der Waals surface area contributed by atoms with Gasteiger partial charge in [-0.2, -0.15) is 0 Å². The number of allylic oxidation sites excluding steroid dienone is 1. The van der Waals surface area contributed by atoms with Crippen molar-refractivity contribution in [3.05, 3.63) is 12.2 Å². The fourth-order valence-electron chi connectivity index (χ4n) is 1.92. The number of unbranched alkanes of at least 4 members (excludes halogenated alkanes) is 1. The highest BCUT2D eigenvalue weighted by molar-refractivity contribution is 4.92. The summed E-state index contributed by atoms with van der Waals surface area (Å²) in [6, 6.07) is 0. The molecule has 0 saturated heterocycles. The van der Waals surface area contributed by atoms with E-state index < -0.39 is 0 Å². The molecule has 0 amide bonds. The predicted molar refractivity (Wildman–Crippen MR) is 66.6 cm³/mol. The molecule has 84 valence electrons. The molecule has 1 unspecified atom stereocenters. The van der Waals surface area contributed by atoms with E-state index in [0.717, 1.165) is 12.3 Å². The average molecular weight is 196 g/mol. The lowest BCUT2D eigenvalue weighted by molar-refractivity contribution is 0.401. The molecule has 0 aliphatic carbocycles. The summed E-state index contributed by atoms with van der Waals surface area (Å²) in [6.07, 6.45) is 10.7. The molecule has 0 aromatic heterocycles. The molecular weight excluding hydrogens is 168 g/mol. The molecule has 0 saturated carbocycles. The Labute approximate surface area is 90.8 Å². The van der Waals surface area contributed by atoms with E-state index in [1.54, 1.807) is 0 Å². The van der Waals surface area contributed by atoms with Crippen LogP contribution in [0.2, 0.25) is 0 Å². The van der Waals surface area contributed by atoms with Crippen LogP contribution in [0.5, 0.6) is 0 Å². The summed E-state index contributed by atoms with van der Waals surface area (Å²) < 4.78 is 0. The van der Waals surface area contributed by atoms with Gasteiger partial charge in [-0.3, -0.25) is 0 Å². The molecule has 1 atom stereocenters. The quantitative estimate of drug-likeness (QED) is 0.437. The van der Waals surface area contributed by atoms with E-state index in [2.05, 4.69) is 27.4 Å². The van der Waals surface area contributed by atoms with Crippen LogP contribution >= 0.6 is 0 Å². The Morgan fingerprint density at radius 3 is 2.21 bits per heavy atom. The van der Waals surface area contributed by atoms with E-state index in [1.165, 1.54) is 50.5 Å². The van der Waals surface area contributed by atoms with E-state index in [0.29, 0.717) is 0 Å². The van der Waals surface area contributed by atoms with Gasteiger partial charge in [0.05, 0.1) is 0 Å². The van der Waals surface area contributed by atoms with Crippen molar-refractivity contribution in [2.45, 2.75) is 72.1 Å². The Morgan fingerprint density at radius 1 is 1.00 bits per heavy atom. The van der Waals surface area contributed by atoms with Crippen molar-refractivity contribution in [3.63, 3.8) is 0 Å². The molecule has 0 nitrogen and oxygen atoms in total. The second-order valence-electron chi connectivity index (χ2n) is 4.44. The minimum Gasteiger partial charge on any atom is -0.0999 e. The Bertz CT molecular complexity index is 135. The highest BCUT2D eigenvalue weighted by Crippen LogP contribution is 2.22. The van der Waals surface area contributed by atoms with Crippen molar-refractivity contribution in [2.24, 2.45) is 5.92 Å². The molecule has 0 spiro atoms. The summed E-state index contributed by atoms with van der Waals surface area (Å²) in [6.45, 7) is 10.9. The predicted octanol–water partition coefficient (Wildman–Crippen LogP) is 5.34. The van der Waals surface area contributed by atoms with Gasteiger partial charge in [0, 0.05) is 0 Å². The van der Waals surface area contributed by atoms with Crippen molar-refractivity contribution >= 4 is 0 Å². The van der Waals surface area contributed by atoms with Crippen molar-refractivity contribution in [1.82, 2.24) is 0 Å². The normalized spacial score (nSPS) is 12.8.